The second-order valence-electron chi connectivity index (χ2n) is 5.38. The largest absolute Gasteiger partial charge is 0.359 e. The molecule has 3 rings (SSSR count). The zero-order valence-corrected chi connectivity index (χ0v) is 11.2. The van der Waals surface area contributed by atoms with Gasteiger partial charge < -0.3 is 14.8 Å². The minimum absolute atomic E-state index is 0.574. The van der Waals surface area contributed by atoms with Crippen LogP contribution in [-0.2, 0) is 6.42 Å². The second kappa shape index (κ2) is 5.57. The van der Waals surface area contributed by atoms with E-state index in [-0.39, 0.29) is 0 Å². The summed E-state index contributed by atoms with van der Waals surface area (Å²) < 4.78 is 5.35. The van der Waals surface area contributed by atoms with Gasteiger partial charge in [0.25, 0.3) is 0 Å². The third kappa shape index (κ3) is 2.87. The van der Waals surface area contributed by atoms with Crippen molar-refractivity contribution in [1.82, 2.24) is 20.4 Å². The Bertz CT molecular complexity index is 499. The zero-order valence-electron chi connectivity index (χ0n) is 11.2. The lowest BCUT2D eigenvalue weighted by atomic mass is 9.85. The van der Waals surface area contributed by atoms with Crippen molar-refractivity contribution in [2.75, 3.05) is 13.1 Å². The lowest BCUT2D eigenvalue weighted by molar-refractivity contribution is 0.257. The van der Waals surface area contributed by atoms with Crippen LogP contribution >= 0.6 is 0 Å². The van der Waals surface area contributed by atoms with Crippen molar-refractivity contribution in [1.29, 1.82) is 0 Å². The minimum atomic E-state index is 0.574. The van der Waals surface area contributed by atoms with Crippen molar-refractivity contribution in [3.63, 3.8) is 0 Å². The molecule has 2 atom stereocenters. The first-order chi connectivity index (χ1) is 9.33. The molecular weight excluding hydrogens is 240 g/mol. The normalized spacial score (nSPS) is 21.4. The van der Waals surface area contributed by atoms with Gasteiger partial charge in [-0.15, -0.1) is 0 Å². The smallest absolute Gasteiger partial charge is 0.227 e. The van der Waals surface area contributed by atoms with Gasteiger partial charge in [0.2, 0.25) is 11.7 Å². The van der Waals surface area contributed by atoms with E-state index in [0.717, 1.165) is 37.0 Å². The van der Waals surface area contributed by atoms with E-state index >= 15 is 0 Å². The summed E-state index contributed by atoms with van der Waals surface area (Å²) in [5, 5.41) is 7.48. The van der Waals surface area contributed by atoms with Crippen molar-refractivity contribution >= 4 is 0 Å². The summed E-state index contributed by atoms with van der Waals surface area (Å²) >= 11 is 0. The molecule has 1 aliphatic rings. The average Bonchev–Trinajstić information content (AvgIpc) is 3.10. The van der Waals surface area contributed by atoms with Crippen LogP contribution in [0.1, 0.15) is 25.7 Å². The first-order valence-electron chi connectivity index (χ1n) is 7.00. The van der Waals surface area contributed by atoms with Crippen molar-refractivity contribution < 1.29 is 4.52 Å². The number of hydrogen-bond acceptors (Lipinski definition) is 4. The maximum absolute atomic E-state index is 5.35. The molecule has 5 heteroatoms. The molecule has 2 unspecified atom stereocenters. The van der Waals surface area contributed by atoms with E-state index in [2.05, 4.69) is 27.4 Å². The molecule has 102 valence electrons. The van der Waals surface area contributed by atoms with Gasteiger partial charge in [-0.3, -0.25) is 0 Å². The fraction of sp³-hybridized carbons (Fsp3) is 0.571. The van der Waals surface area contributed by atoms with Gasteiger partial charge in [0, 0.05) is 12.6 Å². The van der Waals surface area contributed by atoms with Gasteiger partial charge in [0.15, 0.2) is 0 Å². The molecule has 3 heterocycles. The summed E-state index contributed by atoms with van der Waals surface area (Å²) in [7, 11) is 0. The fourth-order valence-corrected chi connectivity index (χ4v) is 2.72. The van der Waals surface area contributed by atoms with Gasteiger partial charge in [0.1, 0.15) is 0 Å². The number of nitrogens with one attached hydrogen (secondary N) is 2. The van der Waals surface area contributed by atoms with E-state index in [1.54, 1.807) is 0 Å². The molecule has 2 aromatic rings. The van der Waals surface area contributed by atoms with E-state index in [4.69, 9.17) is 4.52 Å². The standard InChI is InChI=1S/C14H20N4O/c1-10(11-4-2-6-15-9-11)8-13-17-14(18-19-13)12-5-3-7-16-12/h3,5,7,10-11,15-16H,2,4,6,8-9H2,1H3. The van der Waals surface area contributed by atoms with Crippen LogP contribution in [0.15, 0.2) is 22.9 Å². The molecule has 1 fully saturated rings. The fourth-order valence-electron chi connectivity index (χ4n) is 2.72. The molecule has 0 radical (unpaired) electrons. The van der Waals surface area contributed by atoms with Crippen LogP contribution in [0, 0.1) is 11.8 Å². The summed E-state index contributed by atoms with van der Waals surface area (Å²) in [6, 6.07) is 3.88. The maximum atomic E-state index is 5.35. The molecule has 0 amide bonds. The number of aromatic nitrogens is 3. The predicted octanol–water partition coefficient (Wildman–Crippen LogP) is 2.24. The van der Waals surface area contributed by atoms with Gasteiger partial charge in [0.05, 0.1) is 5.69 Å². The molecule has 5 nitrogen and oxygen atoms in total. The van der Waals surface area contributed by atoms with Crippen LogP contribution < -0.4 is 5.32 Å². The number of rotatable bonds is 4. The monoisotopic (exact) mass is 260 g/mol. The molecule has 0 aliphatic carbocycles. The first kappa shape index (κ1) is 12.4. The van der Waals surface area contributed by atoms with Gasteiger partial charge in [-0.25, -0.2) is 0 Å². The average molecular weight is 260 g/mol. The van der Waals surface area contributed by atoms with Crippen LogP contribution in [0.4, 0.5) is 0 Å². The lowest BCUT2D eigenvalue weighted by Gasteiger charge is -2.27. The zero-order chi connectivity index (χ0) is 13.1. The van der Waals surface area contributed by atoms with E-state index in [1.165, 1.54) is 12.8 Å². The van der Waals surface area contributed by atoms with Crippen LogP contribution in [0.2, 0.25) is 0 Å². The van der Waals surface area contributed by atoms with Gasteiger partial charge in [-0.1, -0.05) is 12.1 Å². The Labute approximate surface area is 112 Å². The van der Waals surface area contributed by atoms with Gasteiger partial charge in [-0.2, -0.15) is 4.98 Å². The minimum Gasteiger partial charge on any atom is -0.359 e. The molecule has 0 saturated carbocycles. The van der Waals surface area contributed by atoms with Crippen LogP contribution in [0.25, 0.3) is 11.5 Å². The highest BCUT2D eigenvalue weighted by atomic mass is 16.5. The van der Waals surface area contributed by atoms with Crippen LogP contribution in [-0.4, -0.2) is 28.2 Å². The molecule has 1 aliphatic heterocycles. The highest BCUT2D eigenvalue weighted by Crippen LogP contribution is 2.23. The summed E-state index contributed by atoms with van der Waals surface area (Å²) in [6.45, 7) is 4.54. The van der Waals surface area contributed by atoms with Crippen LogP contribution in [0.5, 0.6) is 0 Å². The molecule has 2 aromatic heterocycles. The Morgan fingerprint density at radius 1 is 1.53 bits per heavy atom. The van der Waals surface area contributed by atoms with Crippen molar-refractivity contribution in [2.24, 2.45) is 11.8 Å². The van der Waals surface area contributed by atoms with Gasteiger partial charge >= 0.3 is 0 Å². The molecule has 0 spiro atoms. The molecule has 0 bridgehead atoms. The third-order valence-corrected chi connectivity index (χ3v) is 3.94. The van der Waals surface area contributed by atoms with E-state index in [1.807, 2.05) is 18.3 Å². The second-order valence-corrected chi connectivity index (χ2v) is 5.38. The summed E-state index contributed by atoms with van der Waals surface area (Å²) in [4.78, 5) is 7.55. The van der Waals surface area contributed by atoms with Gasteiger partial charge in [-0.05, 0) is 49.9 Å². The quantitative estimate of drug-likeness (QED) is 0.884. The Hall–Kier alpha value is -1.62. The molecule has 1 saturated heterocycles. The Morgan fingerprint density at radius 2 is 2.47 bits per heavy atom. The number of hydrogen-bond donors (Lipinski definition) is 2. The SMILES string of the molecule is CC(Cc1nc(-c2ccc[nH]2)no1)C1CCCNC1. The Balaban J connectivity index is 1.63. The van der Waals surface area contributed by atoms with Crippen molar-refractivity contribution in [3.8, 4) is 11.5 Å². The first-order valence-corrected chi connectivity index (χ1v) is 7.00. The van der Waals surface area contributed by atoms with Crippen LogP contribution in [0.3, 0.4) is 0 Å². The lowest BCUT2D eigenvalue weighted by Crippen LogP contribution is -2.33. The summed E-state index contributed by atoms with van der Waals surface area (Å²) in [5.74, 6) is 2.68. The Morgan fingerprint density at radius 3 is 3.21 bits per heavy atom. The third-order valence-electron chi connectivity index (χ3n) is 3.94. The molecule has 2 N–H and O–H groups in total. The number of nitrogens with zero attached hydrogens (tertiary/aromatic N) is 2. The highest BCUT2D eigenvalue weighted by Gasteiger charge is 2.22. The highest BCUT2D eigenvalue weighted by molar-refractivity contribution is 5.47. The van der Waals surface area contributed by atoms with Crippen molar-refractivity contribution in [3.05, 3.63) is 24.2 Å². The summed E-state index contributed by atoms with van der Waals surface area (Å²) in [6.07, 6.45) is 5.29. The van der Waals surface area contributed by atoms with E-state index < -0.39 is 0 Å². The summed E-state index contributed by atoms with van der Waals surface area (Å²) in [5.41, 5.74) is 0.905. The van der Waals surface area contributed by atoms with E-state index in [0.29, 0.717) is 11.7 Å². The molecule has 19 heavy (non-hydrogen) atoms. The number of H-pyrrole nitrogens is 1. The van der Waals surface area contributed by atoms with E-state index in [9.17, 15) is 0 Å². The topological polar surface area (TPSA) is 66.7 Å². The van der Waals surface area contributed by atoms with Crippen molar-refractivity contribution in [2.45, 2.75) is 26.2 Å². The molecule has 0 aromatic carbocycles. The number of aromatic amines is 1. The molecular formula is C14H20N4O. The predicted molar refractivity (Wildman–Crippen MR) is 72.5 cm³/mol. The number of piperidine rings is 1. The maximum Gasteiger partial charge on any atom is 0.227 e. The Kier molecular flexibility index (Phi) is 3.64.